The minimum atomic E-state index is -1.85. The number of carbonyl (C=O) groups is 1. The van der Waals surface area contributed by atoms with Gasteiger partial charge in [0, 0.05) is 6.42 Å². The lowest BCUT2D eigenvalue weighted by Crippen LogP contribution is -2.63. The lowest BCUT2D eigenvalue weighted by molar-refractivity contribution is -0.342. The van der Waals surface area contributed by atoms with Crippen molar-refractivity contribution in [2.45, 2.75) is 304 Å². The number of aliphatic hydroxyl groups is 11. The summed E-state index contributed by atoms with van der Waals surface area (Å²) in [4.78, 5) is 13.3. The summed E-state index contributed by atoms with van der Waals surface area (Å²) in [6.45, 7) is 2.26. The largest absolute Gasteiger partial charge is 0.394 e. The fourth-order valence-electron chi connectivity index (χ4n) is 9.75. The van der Waals surface area contributed by atoms with Gasteiger partial charge in [-0.2, -0.15) is 0 Å². The molecule has 0 radical (unpaired) electrons. The first kappa shape index (κ1) is 65.1. The van der Waals surface area contributed by atoms with Crippen molar-refractivity contribution < 1.29 is 89.4 Å². The van der Waals surface area contributed by atoms with E-state index in [1.807, 2.05) is 0 Å². The van der Waals surface area contributed by atoms with Gasteiger partial charge in [0.05, 0.1) is 38.6 Å². The molecule has 3 heterocycles. The molecule has 3 fully saturated rings. The molecule has 19 nitrogen and oxygen atoms in total. The third kappa shape index (κ3) is 24.0. The van der Waals surface area contributed by atoms with Gasteiger partial charge < -0.3 is 89.9 Å². The number of hydrogen-bond acceptors (Lipinski definition) is 18. The van der Waals surface area contributed by atoms with Gasteiger partial charge in [0.1, 0.15) is 73.2 Å². The highest BCUT2D eigenvalue weighted by atomic mass is 16.7. The SMILES string of the molecule is CCCCCCCCCCCCCCCC[C@@H](O)[C@H](CO[C@@H]1O[C@H](CO[C@H]2O[C@H](CO[C@H]3O[C@H](CO)[C@H](O)[C@H](O)[C@H]3O)[C@H](O)[C@H](O)[C@H]2O)[C@H](O)[C@H](O)[C@H]1O)NC(=O)CCCCCCCCCCCCCCC. The van der Waals surface area contributed by atoms with Gasteiger partial charge in [0.15, 0.2) is 18.9 Å². The van der Waals surface area contributed by atoms with Crippen molar-refractivity contribution in [2.24, 2.45) is 0 Å². The summed E-state index contributed by atoms with van der Waals surface area (Å²) in [6.07, 6.45) is 6.93. The van der Waals surface area contributed by atoms with E-state index in [4.69, 9.17) is 28.4 Å². The van der Waals surface area contributed by atoms with Gasteiger partial charge >= 0.3 is 0 Å². The predicted molar refractivity (Wildman–Crippen MR) is 268 cm³/mol. The molecule has 3 rings (SSSR count). The third-order valence-corrected chi connectivity index (χ3v) is 14.6. The molecule has 0 bridgehead atoms. The van der Waals surface area contributed by atoms with Crippen LogP contribution < -0.4 is 5.32 Å². The summed E-state index contributed by atoms with van der Waals surface area (Å²) in [5, 5.41) is 119. The molecule has 0 unspecified atom stereocenters. The zero-order valence-electron chi connectivity index (χ0n) is 43.9. The van der Waals surface area contributed by atoms with E-state index in [2.05, 4.69) is 19.2 Å². The average molecular weight is 1040 g/mol. The van der Waals surface area contributed by atoms with Crippen molar-refractivity contribution in [1.29, 1.82) is 0 Å². The molecule has 0 aromatic rings. The maximum absolute atomic E-state index is 13.3. The first-order chi connectivity index (χ1) is 34.7. The van der Waals surface area contributed by atoms with Crippen molar-refractivity contribution in [3.63, 3.8) is 0 Å². The number of nitrogens with one attached hydrogen (secondary N) is 1. The minimum Gasteiger partial charge on any atom is -0.394 e. The van der Waals surface area contributed by atoms with Crippen LogP contribution in [-0.4, -0.2) is 193 Å². The fourth-order valence-corrected chi connectivity index (χ4v) is 9.75. The quantitative estimate of drug-likeness (QED) is 0.0389. The van der Waals surface area contributed by atoms with E-state index in [1.54, 1.807) is 0 Å². The topological polar surface area (TPSA) is 307 Å². The maximum Gasteiger partial charge on any atom is 0.220 e. The van der Waals surface area contributed by atoms with Crippen LogP contribution in [0.2, 0.25) is 0 Å². The summed E-state index contributed by atoms with van der Waals surface area (Å²) in [5.41, 5.74) is 0. The van der Waals surface area contributed by atoms with Crippen LogP contribution in [0.5, 0.6) is 0 Å². The van der Waals surface area contributed by atoms with Gasteiger partial charge in [0.2, 0.25) is 5.91 Å². The van der Waals surface area contributed by atoms with E-state index in [0.29, 0.717) is 12.8 Å². The Balaban J connectivity index is 1.51. The van der Waals surface area contributed by atoms with E-state index in [9.17, 15) is 61.0 Å². The molecule has 0 aromatic heterocycles. The molecule has 0 aromatic carbocycles. The molecule has 3 aliphatic heterocycles. The number of unbranched alkanes of at least 4 members (excludes halogenated alkanes) is 25. The summed E-state index contributed by atoms with van der Waals surface area (Å²) in [6, 6.07) is -0.878. The second kappa shape index (κ2) is 38.4. The molecular formula is C53H101NO18. The van der Waals surface area contributed by atoms with E-state index in [0.717, 1.165) is 44.9 Å². The first-order valence-corrected chi connectivity index (χ1v) is 28.3. The first-order valence-electron chi connectivity index (χ1n) is 28.3. The summed E-state index contributed by atoms with van der Waals surface area (Å²) >= 11 is 0. The Hall–Kier alpha value is -1.21. The summed E-state index contributed by atoms with van der Waals surface area (Å²) in [7, 11) is 0. The number of carbonyl (C=O) groups excluding carboxylic acids is 1. The highest BCUT2D eigenvalue weighted by Crippen LogP contribution is 2.29. The van der Waals surface area contributed by atoms with Crippen LogP contribution in [-0.2, 0) is 33.2 Å². The van der Waals surface area contributed by atoms with E-state index >= 15 is 0 Å². The van der Waals surface area contributed by atoms with Crippen LogP contribution in [0.1, 0.15) is 200 Å². The van der Waals surface area contributed by atoms with E-state index < -0.39 is 124 Å². The Labute approximate surface area is 430 Å². The van der Waals surface area contributed by atoms with E-state index in [1.165, 1.54) is 122 Å². The Morgan fingerprint density at radius 3 is 1.12 bits per heavy atom. The standard InChI is InChI=1S/C53H101NO18/c1-3-5-7-9-11-13-15-17-19-20-22-24-26-28-30-37(56)36(54-41(57)31-29-27-25-23-21-18-16-14-12-10-8-6-4-2)33-67-51-49(65)46(62)43(59)39(71-51)35-69-53-50(66)47(63)44(60)40(72-53)34-68-52-48(64)45(61)42(58)38(32-55)70-52/h36-40,42-53,55-56,58-66H,3-35H2,1-2H3,(H,54,57)/t36-,37+,38+,39+,40+,42-,43-,44-,45-,46-,47-,48+,49+,50+,51+,52-,53-/m0/s1. The van der Waals surface area contributed by atoms with Crippen LogP contribution in [0.3, 0.4) is 0 Å². The average Bonchev–Trinajstić information content (AvgIpc) is 3.37. The normalized spacial score (nSPS) is 31.9. The van der Waals surface area contributed by atoms with Crippen molar-refractivity contribution in [1.82, 2.24) is 5.32 Å². The predicted octanol–water partition coefficient (Wildman–Crippen LogP) is 3.65. The molecular weight excluding hydrogens is 939 g/mol. The minimum absolute atomic E-state index is 0.242. The fraction of sp³-hybridized carbons (Fsp3) is 0.981. The lowest BCUT2D eigenvalue weighted by Gasteiger charge is -2.44. The molecule has 0 saturated carbocycles. The monoisotopic (exact) mass is 1040 g/mol. The molecule has 72 heavy (non-hydrogen) atoms. The number of hydrogen-bond donors (Lipinski definition) is 12. The van der Waals surface area contributed by atoms with Crippen LogP contribution >= 0.6 is 0 Å². The van der Waals surface area contributed by atoms with Crippen molar-refractivity contribution in [3.8, 4) is 0 Å². The number of aliphatic hydroxyl groups excluding tert-OH is 11. The number of rotatable bonds is 41. The maximum atomic E-state index is 13.3. The smallest absolute Gasteiger partial charge is 0.220 e. The number of amides is 1. The number of ether oxygens (including phenoxy) is 6. The van der Waals surface area contributed by atoms with Crippen LogP contribution in [0.25, 0.3) is 0 Å². The van der Waals surface area contributed by atoms with Gasteiger partial charge in [-0.3, -0.25) is 4.79 Å². The zero-order chi connectivity index (χ0) is 52.7. The second-order valence-corrected chi connectivity index (χ2v) is 20.8. The van der Waals surface area contributed by atoms with Crippen molar-refractivity contribution in [3.05, 3.63) is 0 Å². The second-order valence-electron chi connectivity index (χ2n) is 20.8. The highest BCUT2D eigenvalue weighted by Gasteiger charge is 2.49. The van der Waals surface area contributed by atoms with Gasteiger partial charge in [-0.25, -0.2) is 0 Å². The van der Waals surface area contributed by atoms with Crippen LogP contribution in [0.15, 0.2) is 0 Å². The molecule has 17 atom stereocenters. The third-order valence-electron chi connectivity index (χ3n) is 14.6. The Morgan fingerprint density at radius 1 is 0.431 bits per heavy atom. The van der Waals surface area contributed by atoms with Gasteiger partial charge in [-0.1, -0.05) is 181 Å². The molecule has 426 valence electrons. The molecule has 3 saturated heterocycles. The Morgan fingerprint density at radius 2 is 0.750 bits per heavy atom. The summed E-state index contributed by atoms with van der Waals surface area (Å²) in [5.74, 6) is -0.242. The molecule has 3 aliphatic rings. The lowest BCUT2D eigenvalue weighted by atomic mass is 9.98. The van der Waals surface area contributed by atoms with Gasteiger partial charge in [-0.15, -0.1) is 0 Å². The van der Waals surface area contributed by atoms with Crippen LogP contribution in [0.4, 0.5) is 0 Å². The van der Waals surface area contributed by atoms with Gasteiger partial charge in [0.25, 0.3) is 0 Å². The van der Waals surface area contributed by atoms with Gasteiger partial charge in [-0.05, 0) is 12.8 Å². The molecule has 19 heteroatoms. The molecule has 0 aliphatic carbocycles. The Kier molecular flexibility index (Phi) is 34.7. The van der Waals surface area contributed by atoms with E-state index in [-0.39, 0.29) is 18.9 Å². The molecule has 0 spiro atoms. The molecule has 1 amide bonds. The zero-order valence-corrected chi connectivity index (χ0v) is 43.9. The van der Waals surface area contributed by atoms with Crippen molar-refractivity contribution in [2.75, 3.05) is 26.4 Å². The summed E-state index contributed by atoms with van der Waals surface area (Å²) < 4.78 is 33.9. The Bertz CT molecular complexity index is 1340. The molecule has 12 N–H and O–H groups in total. The van der Waals surface area contributed by atoms with Crippen LogP contribution in [0, 0.1) is 0 Å². The van der Waals surface area contributed by atoms with Crippen molar-refractivity contribution >= 4 is 5.91 Å². The highest BCUT2D eigenvalue weighted by molar-refractivity contribution is 5.76.